The zero-order valence-electron chi connectivity index (χ0n) is 9.69. The summed E-state index contributed by atoms with van der Waals surface area (Å²) in [6, 6.07) is 2.22. The van der Waals surface area contributed by atoms with Crippen molar-refractivity contribution in [1.29, 1.82) is 0 Å². The molecule has 0 amide bonds. The fraction of sp³-hybridized carbons (Fsp3) is 0.750. The maximum absolute atomic E-state index is 6.30. The van der Waals surface area contributed by atoms with Crippen LogP contribution >= 0.6 is 0 Å². The van der Waals surface area contributed by atoms with Crippen molar-refractivity contribution >= 4 is 0 Å². The van der Waals surface area contributed by atoms with Crippen LogP contribution in [0.2, 0.25) is 0 Å². The van der Waals surface area contributed by atoms with Gasteiger partial charge in [-0.2, -0.15) is 5.10 Å². The Morgan fingerprint density at radius 1 is 1.60 bits per heavy atom. The molecule has 1 aromatic rings. The van der Waals surface area contributed by atoms with Crippen molar-refractivity contribution < 1.29 is 0 Å². The molecule has 84 valence electrons. The fourth-order valence-electron chi connectivity index (χ4n) is 2.76. The summed E-state index contributed by atoms with van der Waals surface area (Å²) in [5, 5.41) is 4.18. The predicted octanol–water partition coefficient (Wildman–Crippen LogP) is 2.25. The normalized spacial score (nSPS) is 28.2. The number of rotatable bonds is 3. The Morgan fingerprint density at radius 2 is 2.40 bits per heavy atom. The summed E-state index contributed by atoms with van der Waals surface area (Å²) in [7, 11) is 1.97. The first-order chi connectivity index (χ1) is 7.22. The SMILES string of the molecule is CCC1CCC(C(N)c2ccnn2C)C1. The molecule has 1 aliphatic rings. The second-order valence-electron chi connectivity index (χ2n) is 4.75. The van der Waals surface area contributed by atoms with Gasteiger partial charge in [0.2, 0.25) is 0 Å². The first-order valence-corrected chi connectivity index (χ1v) is 5.95. The van der Waals surface area contributed by atoms with E-state index in [-0.39, 0.29) is 6.04 Å². The Hall–Kier alpha value is -0.830. The van der Waals surface area contributed by atoms with E-state index in [1.807, 2.05) is 24.0 Å². The molecule has 3 atom stereocenters. The minimum atomic E-state index is 0.175. The molecule has 3 heteroatoms. The van der Waals surface area contributed by atoms with Gasteiger partial charge in [-0.1, -0.05) is 19.8 Å². The van der Waals surface area contributed by atoms with Crippen LogP contribution in [-0.4, -0.2) is 9.78 Å². The van der Waals surface area contributed by atoms with Crippen LogP contribution in [0.3, 0.4) is 0 Å². The van der Waals surface area contributed by atoms with Gasteiger partial charge in [0, 0.05) is 19.3 Å². The molecule has 0 aliphatic heterocycles. The minimum absolute atomic E-state index is 0.175. The molecule has 1 fully saturated rings. The van der Waals surface area contributed by atoms with Crippen LogP contribution in [0.1, 0.15) is 44.3 Å². The highest BCUT2D eigenvalue weighted by atomic mass is 15.3. The predicted molar refractivity (Wildman–Crippen MR) is 61.3 cm³/mol. The molecule has 0 saturated heterocycles. The second-order valence-corrected chi connectivity index (χ2v) is 4.75. The average Bonchev–Trinajstić information content (AvgIpc) is 2.84. The highest BCUT2D eigenvalue weighted by molar-refractivity contribution is 5.08. The van der Waals surface area contributed by atoms with Crippen LogP contribution in [0.15, 0.2) is 12.3 Å². The van der Waals surface area contributed by atoms with Crippen molar-refractivity contribution in [2.24, 2.45) is 24.6 Å². The molecular weight excluding hydrogens is 186 g/mol. The summed E-state index contributed by atoms with van der Waals surface area (Å²) >= 11 is 0. The average molecular weight is 207 g/mol. The molecule has 2 N–H and O–H groups in total. The van der Waals surface area contributed by atoms with Crippen LogP contribution in [0.4, 0.5) is 0 Å². The zero-order chi connectivity index (χ0) is 10.8. The molecule has 3 nitrogen and oxygen atoms in total. The van der Waals surface area contributed by atoms with E-state index >= 15 is 0 Å². The lowest BCUT2D eigenvalue weighted by atomic mass is 9.94. The van der Waals surface area contributed by atoms with E-state index in [9.17, 15) is 0 Å². The van der Waals surface area contributed by atoms with E-state index in [4.69, 9.17) is 5.73 Å². The van der Waals surface area contributed by atoms with Crippen LogP contribution in [0.5, 0.6) is 0 Å². The molecular formula is C12H21N3. The quantitative estimate of drug-likeness (QED) is 0.826. The number of nitrogens with zero attached hydrogens (tertiary/aromatic N) is 2. The van der Waals surface area contributed by atoms with E-state index in [2.05, 4.69) is 12.0 Å². The second kappa shape index (κ2) is 4.35. The summed E-state index contributed by atoms with van der Waals surface area (Å²) in [6.07, 6.45) is 7.07. The van der Waals surface area contributed by atoms with Gasteiger partial charge < -0.3 is 5.73 Å². The number of nitrogens with two attached hydrogens (primary N) is 1. The van der Waals surface area contributed by atoms with Gasteiger partial charge in [-0.05, 0) is 30.7 Å². The maximum atomic E-state index is 6.30. The molecule has 0 spiro atoms. The van der Waals surface area contributed by atoms with Gasteiger partial charge in [0.25, 0.3) is 0 Å². The third kappa shape index (κ3) is 2.07. The van der Waals surface area contributed by atoms with Gasteiger partial charge in [-0.25, -0.2) is 0 Å². The summed E-state index contributed by atoms with van der Waals surface area (Å²) < 4.78 is 1.91. The van der Waals surface area contributed by atoms with Crippen LogP contribution in [-0.2, 0) is 7.05 Å². The molecule has 15 heavy (non-hydrogen) atoms. The van der Waals surface area contributed by atoms with E-state index < -0.39 is 0 Å². The third-order valence-electron chi connectivity index (χ3n) is 3.87. The first kappa shape index (κ1) is 10.7. The molecule has 3 unspecified atom stereocenters. The van der Waals surface area contributed by atoms with Crippen LogP contribution < -0.4 is 5.73 Å². The summed E-state index contributed by atoms with van der Waals surface area (Å²) in [4.78, 5) is 0. The number of aryl methyl sites for hydroxylation is 1. The topological polar surface area (TPSA) is 43.8 Å². The molecule has 1 aromatic heterocycles. The zero-order valence-corrected chi connectivity index (χ0v) is 9.69. The Morgan fingerprint density at radius 3 is 2.93 bits per heavy atom. The van der Waals surface area contributed by atoms with E-state index in [0.717, 1.165) is 5.92 Å². The van der Waals surface area contributed by atoms with Crippen molar-refractivity contribution in [1.82, 2.24) is 9.78 Å². The Kier molecular flexibility index (Phi) is 3.10. The van der Waals surface area contributed by atoms with Gasteiger partial charge in [0.05, 0.1) is 5.69 Å². The van der Waals surface area contributed by atoms with Crippen molar-refractivity contribution in [2.75, 3.05) is 0 Å². The molecule has 1 heterocycles. The van der Waals surface area contributed by atoms with Crippen molar-refractivity contribution in [2.45, 2.75) is 38.6 Å². The molecule has 2 rings (SSSR count). The Labute approximate surface area is 91.7 Å². The Bertz CT molecular complexity index is 318. The van der Waals surface area contributed by atoms with E-state index in [1.165, 1.54) is 31.4 Å². The van der Waals surface area contributed by atoms with Crippen molar-refractivity contribution in [3.63, 3.8) is 0 Å². The minimum Gasteiger partial charge on any atom is -0.322 e. The lowest BCUT2D eigenvalue weighted by Crippen LogP contribution is -2.22. The van der Waals surface area contributed by atoms with Crippen LogP contribution in [0, 0.1) is 11.8 Å². The molecule has 1 saturated carbocycles. The lowest BCUT2D eigenvalue weighted by molar-refractivity contribution is 0.400. The van der Waals surface area contributed by atoms with Gasteiger partial charge in [-0.15, -0.1) is 0 Å². The molecule has 0 aromatic carbocycles. The maximum Gasteiger partial charge on any atom is 0.0550 e. The van der Waals surface area contributed by atoms with E-state index in [1.54, 1.807) is 0 Å². The van der Waals surface area contributed by atoms with Gasteiger partial charge in [0.15, 0.2) is 0 Å². The van der Waals surface area contributed by atoms with Crippen LogP contribution in [0.25, 0.3) is 0 Å². The van der Waals surface area contributed by atoms with E-state index in [0.29, 0.717) is 5.92 Å². The summed E-state index contributed by atoms with van der Waals surface area (Å²) in [6.45, 7) is 2.28. The third-order valence-corrected chi connectivity index (χ3v) is 3.87. The Balaban J connectivity index is 2.03. The number of hydrogen-bond acceptors (Lipinski definition) is 2. The standard InChI is InChI=1S/C12H21N3/c1-3-9-4-5-10(8-9)12(13)11-6-7-14-15(11)2/h6-7,9-10,12H,3-5,8,13H2,1-2H3. The highest BCUT2D eigenvalue weighted by Crippen LogP contribution is 2.38. The molecule has 0 radical (unpaired) electrons. The number of aromatic nitrogens is 2. The first-order valence-electron chi connectivity index (χ1n) is 5.95. The highest BCUT2D eigenvalue weighted by Gasteiger charge is 2.29. The smallest absolute Gasteiger partial charge is 0.0550 e. The van der Waals surface area contributed by atoms with Gasteiger partial charge >= 0.3 is 0 Å². The molecule has 1 aliphatic carbocycles. The summed E-state index contributed by atoms with van der Waals surface area (Å²) in [5.74, 6) is 1.56. The van der Waals surface area contributed by atoms with Crippen molar-refractivity contribution in [3.8, 4) is 0 Å². The number of hydrogen-bond donors (Lipinski definition) is 1. The monoisotopic (exact) mass is 207 g/mol. The van der Waals surface area contributed by atoms with Gasteiger partial charge in [-0.3, -0.25) is 4.68 Å². The lowest BCUT2D eigenvalue weighted by Gasteiger charge is -2.19. The largest absolute Gasteiger partial charge is 0.322 e. The fourth-order valence-corrected chi connectivity index (χ4v) is 2.76. The summed E-state index contributed by atoms with van der Waals surface area (Å²) in [5.41, 5.74) is 7.48. The van der Waals surface area contributed by atoms with Crippen molar-refractivity contribution in [3.05, 3.63) is 18.0 Å². The molecule has 0 bridgehead atoms. The van der Waals surface area contributed by atoms with Gasteiger partial charge in [0.1, 0.15) is 0 Å².